The molecular formula is C26H42O7. The Kier molecular flexibility index (Phi) is 5.79. The molecule has 1 N–H and O–H groups in total. The standard InChI is InChI=1S/C26H42O7/c1-15(2)25-13-10-18-23(6)11-9-12-24(7,21(28)30-8)19(23)17(14-31-16(3)27)26(18,29)20(25)32-22(4,5)33-25/h15,17-20,29H,9-14H2,1-8H3/t17-,18?,19-,20+,23-,24?,25-,26?/m1/s1. The van der Waals surface area contributed by atoms with Crippen LogP contribution in [0.25, 0.3) is 0 Å². The number of fused-ring (bicyclic) bond motifs is 5. The van der Waals surface area contributed by atoms with E-state index in [2.05, 4.69) is 20.8 Å². The summed E-state index contributed by atoms with van der Waals surface area (Å²) in [7, 11) is 1.43. The van der Waals surface area contributed by atoms with E-state index in [4.69, 9.17) is 18.9 Å². The third-order valence-electron chi connectivity index (χ3n) is 9.78. The van der Waals surface area contributed by atoms with E-state index >= 15 is 0 Å². The minimum absolute atomic E-state index is 0.0453. The Hall–Kier alpha value is -1.18. The fraction of sp³-hybridized carbons (Fsp3) is 0.923. The van der Waals surface area contributed by atoms with Crippen LogP contribution in [0.3, 0.4) is 0 Å². The van der Waals surface area contributed by atoms with Gasteiger partial charge < -0.3 is 24.1 Å². The second-order valence-electron chi connectivity index (χ2n) is 12.2. The van der Waals surface area contributed by atoms with Crippen LogP contribution < -0.4 is 0 Å². The lowest BCUT2D eigenvalue weighted by Crippen LogP contribution is -2.66. The van der Waals surface area contributed by atoms with Crippen molar-refractivity contribution in [3.63, 3.8) is 0 Å². The zero-order valence-electron chi connectivity index (χ0n) is 21.5. The van der Waals surface area contributed by atoms with E-state index in [-0.39, 0.29) is 35.7 Å². The van der Waals surface area contributed by atoms with E-state index in [1.807, 2.05) is 20.8 Å². The Balaban J connectivity index is 1.91. The van der Waals surface area contributed by atoms with E-state index in [0.717, 1.165) is 25.7 Å². The lowest BCUT2D eigenvalue weighted by atomic mass is 9.53. The molecule has 1 heterocycles. The number of ether oxygens (including phenoxy) is 4. The van der Waals surface area contributed by atoms with E-state index in [1.54, 1.807) is 0 Å². The topological polar surface area (TPSA) is 91.3 Å². The van der Waals surface area contributed by atoms with Gasteiger partial charge in [-0.1, -0.05) is 27.2 Å². The highest BCUT2D eigenvalue weighted by atomic mass is 16.8. The van der Waals surface area contributed by atoms with Crippen LogP contribution in [-0.4, -0.2) is 53.9 Å². The zero-order chi connectivity index (χ0) is 24.6. The molecule has 1 aliphatic heterocycles. The van der Waals surface area contributed by atoms with Gasteiger partial charge in [-0.15, -0.1) is 0 Å². The molecule has 0 aromatic carbocycles. The van der Waals surface area contributed by atoms with Crippen molar-refractivity contribution >= 4 is 11.9 Å². The summed E-state index contributed by atoms with van der Waals surface area (Å²) in [6.07, 6.45) is 3.44. The molecule has 1 saturated heterocycles. The highest BCUT2D eigenvalue weighted by molar-refractivity contribution is 5.77. The SMILES string of the molecule is COC(=O)C1(C)CCC[C@]2(C)C3CC[C@]4(C(C)C)OC(C)(C)O[C@@H]4C3(O)[C@H](COC(C)=O)[C@@H]12. The summed E-state index contributed by atoms with van der Waals surface area (Å²) in [5.74, 6) is -2.16. The van der Waals surface area contributed by atoms with E-state index in [0.29, 0.717) is 6.42 Å². The molecule has 0 bridgehead atoms. The maximum absolute atomic E-state index is 13.2. The summed E-state index contributed by atoms with van der Waals surface area (Å²) in [6, 6.07) is 0. The van der Waals surface area contributed by atoms with Crippen molar-refractivity contribution in [1.29, 1.82) is 0 Å². The van der Waals surface area contributed by atoms with E-state index in [9.17, 15) is 14.7 Å². The quantitative estimate of drug-likeness (QED) is 0.629. The van der Waals surface area contributed by atoms with Gasteiger partial charge in [-0.2, -0.15) is 0 Å². The molecule has 0 aromatic rings. The van der Waals surface area contributed by atoms with Gasteiger partial charge in [0.1, 0.15) is 17.3 Å². The van der Waals surface area contributed by atoms with Gasteiger partial charge in [0, 0.05) is 12.8 Å². The molecule has 4 aliphatic rings. The lowest BCUT2D eigenvalue weighted by Gasteiger charge is -2.54. The highest BCUT2D eigenvalue weighted by Crippen LogP contribution is 2.73. The molecule has 4 fully saturated rings. The summed E-state index contributed by atoms with van der Waals surface area (Å²) in [6.45, 7) is 13.6. The molecule has 7 nitrogen and oxygen atoms in total. The monoisotopic (exact) mass is 466 g/mol. The van der Waals surface area contributed by atoms with E-state index < -0.39 is 40.4 Å². The molecule has 0 radical (unpaired) electrons. The van der Waals surface area contributed by atoms with Gasteiger partial charge in [-0.05, 0) is 69.6 Å². The third-order valence-corrected chi connectivity index (χ3v) is 9.78. The maximum atomic E-state index is 13.2. The van der Waals surface area contributed by atoms with Crippen molar-refractivity contribution in [2.24, 2.45) is 34.5 Å². The van der Waals surface area contributed by atoms with Gasteiger partial charge >= 0.3 is 11.9 Å². The van der Waals surface area contributed by atoms with Crippen LogP contribution in [0.15, 0.2) is 0 Å². The van der Waals surface area contributed by atoms with Crippen molar-refractivity contribution in [2.45, 2.75) is 104 Å². The Morgan fingerprint density at radius 1 is 1.12 bits per heavy atom. The second-order valence-corrected chi connectivity index (χ2v) is 12.2. The van der Waals surface area contributed by atoms with Gasteiger partial charge in [-0.3, -0.25) is 9.59 Å². The summed E-state index contributed by atoms with van der Waals surface area (Å²) in [4.78, 5) is 25.1. The molecule has 3 aliphatic carbocycles. The van der Waals surface area contributed by atoms with Crippen molar-refractivity contribution in [1.82, 2.24) is 0 Å². The van der Waals surface area contributed by atoms with Crippen molar-refractivity contribution in [2.75, 3.05) is 13.7 Å². The van der Waals surface area contributed by atoms with Crippen LogP contribution in [0.2, 0.25) is 0 Å². The first-order chi connectivity index (χ1) is 15.2. The number of aliphatic hydroxyl groups is 1. The lowest BCUT2D eigenvalue weighted by molar-refractivity contribution is -0.210. The van der Waals surface area contributed by atoms with Crippen LogP contribution in [0.1, 0.15) is 80.6 Å². The Morgan fingerprint density at radius 2 is 1.79 bits per heavy atom. The summed E-state index contributed by atoms with van der Waals surface area (Å²) in [5.41, 5.74) is -3.05. The fourth-order valence-electron chi connectivity index (χ4n) is 8.73. The molecule has 0 amide bonds. The first-order valence-electron chi connectivity index (χ1n) is 12.5. The van der Waals surface area contributed by atoms with Gasteiger partial charge in [0.15, 0.2) is 5.79 Å². The predicted octanol–water partition coefficient (Wildman–Crippen LogP) is 3.85. The Bertz CT molecular complexity index is 823. The van der Waals surface area contributed by atoms with Crippen molar-refractivity contribution < 1.29 is 33.6 Å². The van der Waals surface area contributed by atoms with Crippen LogP contribution in [0.5, 0.6) is 0 Å². The largest absolute Gasteiger partial charge is 0.469 e. The molecule has 3 saturated carbocycles. The number of rotatable bonds is 4. The number of hydrogen-bond acceptors (Lipinski definition) is 7. The Morgan fingerprint density at radius 3 is 2.36 bits per heavy atom. The zero-order valence-corrected chi connectivity index (χ0v) is 21.5. The molecule has 3 unspecified atom stereocenters. The molecule has 4 rings (SSSR count). The number of carbonyl (C=O) groups excluding carboxylic acids is 2. The molecule has 7 heteroatoms. The van der Waals surface area contributed by atoms with Crippen molar-refractivity contribution in [3.05, 3.63) is 0 Å². The number of esters is 2. The molecular weight excluding hydrogens is 424 g/mol. The van der Waals surface area contributed by atoms with E-state index in [1.165, 1.54) is 14.0 Å². The van der Waals surface area contributed by atoms with Crippen LogP contribution in [0, 0.1) is 34.5 Å². The molecule has 8 atom stereocenters. The number of hydrogen-bond donors (Lipinski definition) is 1. The van der Waals surface area contributed by atoms with Gasteiger partial charge in [0.2, 0.25) is 0 Å². The van der Waals surface area contributed by atoms with Crippen LogP contribution >= 0.6 is 0 Å². The third kappa shape index (κ3) is 3.24. The fourth-order valence-corrected chi connectivity index (χ4v) is 8.73. The van der Waals surface area contributed by atoms with Gasteiger partial charge in [0.05, 0.1) is 19.1 Å². The summed E-state index contributed by atoms with van der Waals surface area (Å²) >= 11 is 0. The molecule has 0 aromatic heterocycles. The highest BCUT2D eigenvalue weighted by Gasteiger charge is 2.79. The normalized spacial score (nSPS) is 48.1. The summed E-state index contributed by atoms with van der Waals surface area (Å²) < 4.78 is 24.0. The number of carbonyl (C=O) groups is 2. The summed E-state index contributed by atoms with van der Waals surface area (Å²) in [5, 5.41) is 12.8. The first kappa shape index (κ1) is 24.9. The average molecular weight is 467 g/mol. The first-order valence-corrected chi connectivity index (χ1v) is 12.5. The van der Waals surface area contributed by atoms with Crippen LogP contribution in [-0.2, 0) is 28.5 Å². The second kappa shape index (κ2) is 7.66. The maximum Gasteiger partial charge on any atom is 0.311 e. The minimum atomic E-state index is -1.30. The van der Waals surface area contributed by atoms with Crippen LogP contribution in [0.4, 0.5) is 0 Å². The average Bonchev–Trinajstić information content (AvgIpc) is 3.12. The van der Waals surface area contributed by atoms with Gasteiger partial charge in [0.25, 0.3) is 0 Å². The number of methoxy groups -OCH3 is 1. The molecule has 0 spiro atoms. The smallest absolute Gasteiger partial charge is 0.311 e. The Labute approximate surface area is 197 Å². The molecule has 188 valence electrons. The minimum Gasteiger partial charge on any atom is -0.469 e. The van der Waals surface area contributed by atoms with Crippen molar-refractivity contribution in [3.8, 4) is 0 Å². The predicted molar refractivity (Wildman–Crippen MR) is 121 cm³/mol. The van der Waals surface area contributed by atoms with Gasteiger partial charge in [-0.25, -0.2) is 0 Å². The molecule has 33 heavy (non-hydrogen) atoms.